The fourth-order valence-corrected chi connectivity index (χ4v) is 1.82. The van der Waals surface area contributed by atoms with E-state index in [-0.39, 0.29) is 5.69 Å². The third kappa shape index (κ3) is 2.49. The van der Waals surface area contributed by atoms with Gasteiger partial charge in [-0.25, -0.2) is 14.5 Å². The van der Waals surface area contributed by atoms with Gasteiger partial charge in [0.1, 0.15) is 5.69 Å². The lowest BCUT2D eigenvalue weighted by molar-refractivity contribution is 0.0691. The van der Waals surface area contributed by atoms with Crippen molar-refractivity contribution >= 4 is 5.97 Å². The van der Waals surface area contributed by atoms with Gasteiger partial charge in [0.15, 0.2) is 5.82 Å². The Balaban J connectivity index is 2.51. The molecule has 2 aromatic rings. The monoisotopic (exact) mass is 263 g/mol. The third-order valence-electron chi connectivity index (χ3n) is 3.15. The average molecular weight is 263 g/mol. The van der Waals surface area contributed by atoms with E-state index in [1.54, 1.807) is 21.6 Å². The van der Waals surface area contributed by atoms with Gasteiger partial charge in [-0.2, -0.15) is 0 Å². The second-order valence-corrected chi connectivity index (χ2v) is 4.65. The summed E-state index contributed by atoms with van der Waals surface area (Å²) in [5.74, 6) is -0.138. The second-order valence-electron chi connectivity index (χ2n) is 4.65. The molecule has 0 spiro atoms. The summed E-state index contributed by atoms with van der Waals surface area (Å²) in [7, 11) is 1.81. The van der Waals surface area contributed by atoms with Gasteiger partial charge in [-0.3, -0.25) is 0 Å². The molecule has 7 heteroatoms. The molecule has 102 valence electrons. The Morgan fingerprint density at radius 1 is 1.53 bits per heavy atom. The molecule has 2 rings (SSSR count). The zero-order chi connectivity index (χ0) is 14.0. The molecule has 0 aliphatic rings. The van der Waals surface area contributed by atoms with Crippen LogP contribution in [0.4, 0.5) is 0 Å². The van der Waals surface area contributed by atoms with Crippen molar-refractivity contribution in [3.63, 3.8) is 0 Å². The highest BCUT2D eigenvalue weighted by atomic mass is 16.4. The zero-order valence-electron chi connectivity index (χ0n) is 11.2. The summed E-state index contributed by atoms with van der Waals surface area (Å²) in [6.45, 7) is 4.80. The first-order valence-electron chi connectivity index (χ1n) is 6.19. The predicted molar refractivity (Wildman–Crippen MR) is 68.6 cm³/mol. The van der Waals surface area contributed by atoms with Crippen LogP contribution in [0.5, 0.6) is 0 Å². The molecule has 2 heterocycles. The first-order chi connectivity index (χ1) is 9.04. The average Bonchev–Trinajstić information content (AvgIpc) is 2.95. The number of aryl methyl sites for hydroxylation is 1. The van der Waals surface area contributed by atoms with Crippen molar-refractivity contribution in [2.45, 2.75) is 26.8 Å². The van der Waals surface area contributed by atoms with Crippen molar-refractivity contribution in [2.24, 2.45) is 13.0 Å². The van der Waals surface area contributed by atoms with E-state index in [1.165, 1.54) is 0 Å². The minimum Gasteiger partial charge on any atom is -0.476 e. The maximum Gasteiger partial charge on any atom is 0.358 e. The third-order valence-corrected chi connectivity index (χ3v) is 3.15. The first kappa shape index (κ1) is 13.3. The Hall–Kier alpha value is -2.18. The van der Waals surface area contributed by atoms with Crippen LogP contribution < -0.4 is 0 Å². The van der Waals surface area contributed by atoms with Crippen LogP contribution in [0.1, 0.15) is 30.8 Å². The molecule has 0 aromatic carbocycles. The summed E-state index contributed by atoms with van der Waals surface area (Å²) >= 11 is 0. The van der Waals surface area contributed by atoms with E-state index in [0.717, 1.165) is 6.42 Å². The number of hydrogen-bond donors (Lipinski definition) is 1. The molecule has 0 saturated heterocycles. The molecular formula is C12H17N5O2. The van der Waals surface area contributed by atoms with Crippen LogP contribution in [-0.2, 0) is 13.6 Å². The van der Waals surface area contributed by atoms with Crippen LogP contribution in [0.3, 0.4) is 0 Å². The van der Waals surface area contributed by atoms with Gasteiger partial charge in [0, 0.05) is 26.0 Å². The first-order valence-corrected chi connectivity index (χ1v) is 6.19. The molecule has 0 saturated carbocycles. The lowest BCUT2D eigenvalue weighted by atomic mass is 10.1. The van der Waals surface area contributed by atoms with Crippen molar-refractivity contribution in [1.29, 1.82) is 0 Å². The minimum absolute atomic E-state index is 0.0578. The van der Waals surface area contributed by atoms with Crippen LogP contribution in [0, 0.1) is 5.92 Å². The molecule has 7 nitrogen and oxygen atoms in total. The highest BCUT2D eigenvalue weighted by Gasteiger charge is 2.23. The number of rotatable bonds is 5. The summed E-state index contributed by atoms with van der Waals surface area (Å²) in [5.41, 5.74) is 0.401. The fourth-order valence-electron chi connectivity index (χ4n) is 1.82. The molecule has 1 unspecified atom stereocenters. The highest BCUT2D eigenvalue weighted by molar-refractivity contribution is 5.91. The smallest absolute Gasteiger partial charge is 0.358 e. The number of imidazole rings is 1. The lowest BCUT2D eigenvalue weighted by Crippen LogP contribution is -2.12. The van der Waals surface area contributed by atoms with Crippen molar-refractivity contribution in [3.05, 3.63) is 18.1 Å². The number of carbonyl (C=O) groups is 1. The normalized spacial score (nSPS) is 12.6. The summed E-state index contributed by atoms with van der Waals surface area (Å²) in [6, 6.07) is 0. The van der Waals surface area contributed by atoms with E-state index in [2.05, 4.69) is 29.1 Å². The lowest BCUT2D eigenvalue weighted by Gasteiger charge is -2.11. The number of aromatic nitrogens is 5. The number of aromatic carboxylic acids is 1. The van der Waals surface area contributed by atoms with Gasteiger partial charge in [0.25, 0.3) is 0 Å². The van der Waals surface area contributed by atoms with E-state index < -0.39 is 5.97 Å². The Labute approximate surface area is 110 Å². The molecule has 0 amide bonds. The van der Waals surface area contributed by atoms with Gasteiger partial charge in [0.2, 0.25) is 5.69 Å². The van der Waals surface area contributed by atoms with Gasteiger partial charge < -0.3 is 9.67 Å². The Kier molecular flexibility index (Phi) is 3.64. The maximum absolute atomic E-state index is 11.2. The van der Waals surface area contributed by atoms with Gasteiger partial charge in [-0.15, -0.1) is 5.10 Å². The van der Waals surface area contributed by atoms with Crippen molar-refractivity contribution in [2.75, 3.05) is 0 Å². The standard InChI is InChI=1S/C12H17N5O2/c1-4-8(2)7-17-10(9(12(18)19)14-15-17)11-13-5-6-16(11)3/h5-6,8H,4,7H2,1-3H3,(H,18,19). The van der Waals surface area contributed by atoms with Gasteiger partial charge in [0.05, 0.1) is 0 Å². The van der Waals surface area contributed by atoms with E-state index in [4.69, 9.17) is 0 Å². The molecule has 19 heavy (non-hydrogen) atoms. The molecule has 0 aliphatic heterocycles. The van der Waals surface area contributed by atoms with E-state index in [1.807, 2.05) is 7.05 Å². The van der Waals surface area contributed by atoms with Crippen molar-refractivity contribution < 1.29 is 9.90 Å². The molecule has 0 aliphatic carbocycles. The second kappa shape index (κ2) is 5.21. The largest absolute Gasteiger partial charge is 0.476 e. The van der Waals surface area contributed by atoms with Crippen molar-refractivity contribution in [3.8, 4) is 11.5 Å². The topological polar surface area (TPSA) is 85.8 Å². The number of hydrogen-bond acceptors (Lipinski definition) is 4. The summed E-state index contributed by atoms with van der Waals surface area (Å²) in [6.07, 6.45) is 4.38. The van der Waals surface area contributed by atoms with Crippen LogP contribution in [0.25, 0.3) is 11.5 Å². The predicted octanol–water partition coefficient (Wildman–Crippen LogP) is 1.42. The molecule has 1 atom stereocenters. The quantitative estimate of drug-likeness (QED) is 0.881. The maximum atomic E-state index is 11.2. The molecule has 0 radical (unpaired) electrons. The van der Waals surface area contributed by atoms with E-state index in [9.17, 15) is 9.90 Å². The van der Waals surface area contributed by atoms with Crippen LogP contribution >= 0.6 is 0 Å². The van der Waals surface area contributed by atoms with E-state index >= 15 is 0 Å². The Bertz CT molecular complexity index is 587. The van der Waals surface area contributed by atoms with Crippen LogP contribution in [0.15, 0.2) is 12.4 Å². The van der Waals surface area contributed by atoms with Gasteiger partial charge in [-0.05, 0) is 5.92 Å². The van der Waals surface area contributed by atoms with E-state index in [0.29, 0.717) is 24.0 Å². The Morgan fingerprint density at radius 2 is 2.26 bits per heavy atom. The van der Waals surface area contributed by atoms with Crippen LogP contribution in [-0.4, -0.2) is 35.6 Å². The minimum atomic E-state index is -1.09. The molecule has 0 fully saturated rings. The fraction of sp³-hybridized carbons (Fsp3) is 0.500. The summed E-state index contributed by atoms with van der Waals surface area (Å²) in [5, 5.41) is 16.9. The Morgan fingerprint density at radius 3 is 2.79 bits per heavy atom. The molecule has 2 aromatic heterocycles. The number of nitrogens with zero attached hydrogens (tertiary/aromatic N) is 5. The highest BCUT2D eigenvalue weighted by Crippen LogP contribution is 2.21. The molecule has 0 bridgehead atoms. The number of carboxylic acids is 1. The van der Waals surface area contributed by atoms with Gasteiger partial charge >= 0.3 is 5.97 Å². The summed E-state index contributed by atoms with van der Waals surface area (Å²) in [4.78, 5) is 15.4. The number of carboxylic acid groups (broad SMARTS) is 1. The van der Waals surface area contributed by atoms with Crippen LogP contribution in [0.2, 0.25) is 0 Å². The zero-order valence-corrected chi connectivity index (χ0v) is 11.2. The molecule has 1 N–H and O–H groups in total. The summed E-state index contributed by atoms with van der Waals surface area (Å²) < 4.78 is 3.39. The SMILES string of the molecule is CCC(C)Cn1nnc(C(=O)O)c1-c1nccn1C. The van der Waals surface area contributed by atoms with Gasteiger partial charge in [-0.1, -0.05) is 25.5 Å². The van der Waals surface area contributed by atoms with Crippen molar-refractivity contribution in [1.82, 2.24) is 24.5 Å². The molecular weight excluding hydrogens is 246 g/mol.